The number of aliphatic hydroxyl groups excluding tert-OH is 1. The van der Waals surface area contributed by atoms with Gasteiger partial charge in [0.25, 0.3) is 5.91 Å². The molecule has 3 aromatic rings. The molecule has 6 nitrogen and oxygen atoms in total. The molecule has 3 rings (SSSR count). The molecule has 0 atom stereocenters. The number of amides is 1. The molecule has 24 heavy (non-hydrogen) atoms. The maximum Gasteiger partial charge on any atom is 0.274 e. The molecule has 1 amide bonds. The lowest BCUT2D eigenvalue weighted by molar-refractivity contribution is 0.0688. The zero-order valence-corrected chi connectivity index (χ0v) is 13.4. The molecule has 1 N–H and O–H groups in total. The monoisotopic (exact) mass is 325 g/mol. The largest absolute Gasteiger partial charge is 0.467 e. The maximum absolute atomic E-state index is 12.8. The van der Waals surface area contributed by atoms with Crippen LogP contribution in [0.3, 0.4) is 0 Å². The van der Waals surface area contributed by atoms with E-state index < -0.39 is 0 Å². The number of hydrogen-bond donors (Lipinski definition) is 1. The van der Waals surface area contributed by atoms with Crippen molar-refractivity contribution in [3.63, 3.8) is 0 Å². The fourth-order valence-corrected chi connectivity index (χ4v) is 2.58. The van der Waals surface area contributed by atoms with Crippen LogP contribution >= 0.6 is 0 Å². The third-order valence-corrected chi connectivity index (χ3v) is 3.75. The summed E-state index contributed by atoms with van der Waals surface area (Å²) in [4.78, 5) is 14.3. The fourth-order valence-electron chi connectivity index (χ4n) is 2.58. The summed E-state index contributed by atoms with van der Waals surface area (Å²) in [6.07, 6.45) is 1.56. The number of aromatic nitrogens is 2. The third kappa shape index (κ3) is 3.38. The van der Waals surface area contributed by atoms with Gasteiger partial charge in [0.05, 0.1) is 25.1 Å². The molecule has 0 unspecified atom stereocenters. The molecular weight excluding hydrogens is 306 g/mol. The smallest absolute Gasteiger partial charge is 0.274 e. The van der Waals surface area contributed by atoms with Crippen LogP contribution in [0.5, 0.6) is 0 Å². The predicted octanol–water partition coefficient (Wildman–Crippen LogP) is 2.31. The molecule has 0 saturated heterocycles. The lowest BCUT2D eigenvalue weighted by atomic mass is 10.1. The Balaban J connectivity index is 1.85. The van der Waals surface area contributed by atoms with Gasteiger partial charge in [0.15, 0.2) is 5.69 Å². The molecule has 0 bridgehead atoms. The van der Waals surface area contributed by atoms with Crippen LogP contribution in [0.15, 0.2) is 59.2 Å². The van der Waals surface area contributed by atoms with E-state index in [2.05, 4.69) is 5.10 Å². The highest BCUT2D eigenvalue weighted by molar-refractivity contribution is 5.93. The van der Waals surface area contributed by atoms with E-state index in [1.807, 2.05) is 37.4 Å². The normalized spacial score (nSPS) is 10.8. The summed E-state index contributed by atoms with van der Waals surface area (Å²) in [5, 5.41) is 13.6. The van der Waals surface area contributed by atoms with Crippen molar-refractivity contribution in [1.29, 1.82) is 0 Å². The van der Waals surface area contributed by atoms with E-state index in [1.165, 1.54) is 4.90 Å². The molecule has 0 aliphatic carbocycles. The minimum atomic E-state index is -0.238. The summed E-state index contributed by atoms with van der Waals surface area (Å²) in [5.74, 6) is 0.425. The number of rotatable bonds is 6. The first-order valence-corrected chi connectivity index (χ1v) is 7.71. The number of hydrogen-bond acceptors (Lipinski definition) is 4. The Kier molecular flexibility index (Phi) is 4.77. The second kappa shape index (κ2) is 7.14. The fraction of sp³-hybridized carbons (Fsp3) is 0.222. The first-order valence-electron chi connectivity index (χ1n) is 7.71. The van der Waals surface area contributed by atoms with Gasteiger partial charge >= 0.3 is 0 Å². The van der Waals surface area contributed by atoms with Crippen LogP contribution in [0.4, 0.5) is 0 Å². The van der Waals surface area contributed by atoms with Gasteiger partial charge in [-0.3, -0.25) is 9.48 Å². The summed E-state index contributed by atoms with van der Waals surface area (Å²) < 4.78 is 6.98. The summed E-state index contributed by atoms with van der Waals surface area (Å²) in [6, 6.07) is 15.1. The van der Waals surface area contributed by atoms with Gasteiger partial charge in [-0.1, -0.05) is 30.3 Å². The topological polar surface area (TPSA) is 71.5 Å². The number of nitrogens with zero attached hydrogens (tertiary/aromatic N) is 3. The number of furan rings is 1. The van der Waals surface area contributed by atoms with Crippen molar-refractivity contribution in [2.75, 3.05) is 13.2 Å². The number of benzene rings is 1. The Labute approximate surface area is 139 Å². The van der Waals surface area contributed by atoms with E-state index in [0.29, 0.717) is 18.0 Å². The van der Waals surface area contributed by atoms with Crippen molar-refractivity contribution in [2.45, 2.75) is 6.54 Å². The maximum atomic E-state index is 12.8. The SMILES string of the molecule is Cn1nc(C(=O)N(CCO)Cc2ccco2)cc1-c1ccccc1. The number of carbonyl (C=O) groups is 1. The van der Waals surface area contributed by atoms with Crippen molar-refractivity contribution in [1.82, 2.24) is 14.7 Å². The minimum Gasteiger partial charge on any atom is -0.467 e. The highest BCUT2D eigenvalue weighted by atomic mass is 16.3. The highest BCUT2D eigenvalue weighted by Crippen LogP contribution is 2.20. The zero-order valence-electron chi connectivity index (χ0n) is 13.4. The lowest BCUT2D eigenvalue weighted by Crippen LogP contribution is -2.33. The Morgan fingerprint density at radius 1 is 1.25 bits per heavy atom. The van der Waals surface area contributed by atoms with Crippen LogP contribution in [0.2, 0.25) is 0 Å². The van der Waals surface area contributed by atoms with E-state index in [-0.39, 0.29) is 19.1 Å². The Bertz CT molecular complexity index is 794. The molecule has 6 heteroatoms. The van der Waals surface area contributed by atoms with E-state index in [4.69, 9.17) is 4.42 Å². The van der Waals surface area contributed by atoms with Gasteiger partial charge in [-0.05, 0) is 23.8 Å². The van der Waals surface area contributed by atoms with Crippen LogP contribution in [-0.2, 0) is 13.6 Å². The van der Waals surface area contributed by atoms with Gasteiger partial charge < -0.3 is 14.4 Å². The molecule has 0 aliphatic heterocycles. The summed E-state index contributed by atoms with van der Waals surface area (Å²) in [7, 11) is 1.81. The molecule has 0 saturated carbocycles. The van der Waals surface area contributed by atoms with Crippen LogP contribution < -0.4 is 0 Å². The van der Waals surface area contributed by atoms with Crippen molar-refractivity contribution < 1.29 is 14.3 Å². The van der Waals surface area contributed by atoms with E-state index in [1.54, 1.807) is 29.1 Å². The molecule has 2 aromatic heterocycles. The lowest BCUT2D eigenvalue weighted by Gasteiger charge is -2.19. The molecular formula is C18H19N3O3. The Morgan fingerprint density at radius 3 is 2.71 bits per heavy atom. The summed E-state index contributed by atoms with van der Waals surface area (Å²) in [5.41, 5.74) is 2.20. The van der Waals surface area contributed by atoms with Crippen molar-refractivity contribution in [2.24, 2.45) is 7.05 Å². The summed E-state index contributed by atoms with van der Waals surface area (Å²) >= 11 is 0. The Morgan fingerprint density at radius 2 is 2.04 bits per heavy atom. The van der Waals surface area contributed by atoms with Gasteiger partial charge in [-0.2, -0.15) is 5.10 Å². The van der Waals surface area contributed by atoms with E-state index >= 15 is 0 Å². The molecule has 0 radical (unpaired) electrons. The predicted molar refractivity (Wildman–Crippen MR) is 89.2 cm³/mol. The van der Waals surface area contributed by atoms with Gasteiger partial charge in [-0.25, -0.2) is 0 Å². The van der Waals surface area contributed by atoms with Crippen LogP contribution in [0.1, 0.15) is 16.2 Å². The third-order valence-electron chi connectivity index (χ3n) is 3.75. The van der Waals surface area contributed by atoms with Gasteiger partial charge in [0, 0.05) is 13.6 Å². The number of aryl methyl sites for hydroxylation is 1. The van der Waals surface area contributed by atoms with Gasteiger partial charge in [-0.15, -0.1) is 0 Å². The van der Waals surface area contributed by atoms with Gasteiger partial charge in [0.1, 0.15) is 5.76 Å². The number of aliphatic hydroxyl groups is 1. The second-order valence-electron chi connectivity index (χ2n) is 5.43. The highest BCUT2D eigenvalue weighted by Gasteiger charge is 2.21. The standard InChI is InChI=1S/C18H19N3O3/c1-20-17(14-6-3-2-4-7-14)12-16(19-20)18(23)21(9-10-22)13-15-8-5-11-24-15/h2-8,11-12,22H,9-10,13H2,1H3. The van der Waals surface area contributed by atoms with Gasteiger partial charge in [0.2, 0.25) is 0 Å². The summed E-state index contributed by atoms with van der Waals surface area (Å²) in [6.45, 7) is 0.394. The van der Waals surface area contributed by atoms with Crippen LogP contribution in [0, 0.1) is 0 Å². The first kappa shape index (κ1) is 16.0. The van der Waals surface area contributed by atoms with E-state index in [9.17, 15) is 9.90 Å². The average molecular weight is 325 g/mol. The molecule has 0 aliphatic rings. The Hall–Kier alpha value is -2.86. The van der Waals surface area contributed by atoms with Crippen molar-refractivity contribution in [3.8, 4) is 11.3 Å². The molecule has 1 aromatic carbocycles. The quantitative estimate of drug-likeness (QED) is 0.755. The minimum absolute atomic E-state index is 0.120. The molecule has 124 valence electrons. The number of carbonyl (C=O) groups excluding carboxylic acids is 1. The molecule has 0 spiro atoms. The zero-order chi connectivity index (χ0) is 16.9. The van der Waals surface area contributed by atoms with Crippen molar-refractivity contribution in [3.05, 3.63) is 66.2 Å². The molecule has 0 fully saturated rings. The average Bonchev–Trinajstić information content (AvgIpc) is 3.24. The first-order chi connectivity index (χ1) is 11.7. The molecule has 2 heterocycles. The van der Waals surface area contributed by atoms with Crippen LogP contribution in [-0.4, -0.2) is 38.8 Å². The second-order valence-corrected chi connectivity index (χ2v) is 5.43. The van der Waals surface area contributed by atoms with E-state index in [0.717, 1.165) is 11.3 Å². The van der Waals surface area contributed by atoms with Crippen LogP contribution in [0.25, 0.3) is 11.3 Å². The van der Waals surface area contributed by atoms with Crippen molar-refractivity contribution >= 4 is 5.91 Å².